The minimum atomic E-state index is -0.0608. The molecule has 94 valence electrons. The fraction of sp³-hybridized carbons (Fsp3) is 0.917. The van der Waals surface area contributed by atoms with Crippen LogP contribution >= 0.6 is 0 Å². The van der Waals surface area contributed by atoms with Crippen molar-refractivity contribution in [3.63, 3.8) is 0 Å². The Morgan fingerprint density at radius 2 is 2.12 bits per heavy atom. The second-order valence-electron chi connectivity index (χ2n) is 4.72. The maximum absolute atomic E-state index is 11.1. The Bertz CT molecular complexity index is 214. The minimum Gasteiger partial charge on any atom is -0.298 e. The summed E-state index contributed by atoms with van der Waals surface area (Å²) in [5.74, 6) is 5.02. The number of hydrogen-bond donors (Lipinski definition) is 2. The quantitative estimate of drug-likeness (QED) is 0.410. The van der Waals surface area contributed by atoms with Gasteiger partial charge >= 0.3 is 0 Å². The Balaban J connectivity index is 2.36. The van der Waals surface area contributed by atoms with Crippen LogP contribution in [0.2, 0.25) is 0 Å². The Labute approximate surface area is 98.5 Å². The zero-order chi connectivity index (χ0) is 12.0. The molecule has 1 atom stereocenters. The van der Waals surface area contributed by atoms with Gasteiger partial charge in [0.05, 0.1) is 0 Å². The van der Waals surface area contributed by atoms with E-state index in [1.807, 2.05) is 0 Å². The molecule has 0 saturated heterocycles. The SMILES string of the molecule is CCN(C(C)CCC(=O)NN)C1CCCC1. The lowest BCUT2D eigenvalue weighted by Crippen LogP contribution is -2.41. The van der Waals surface area contributed by atoms with Crippen LogP contribution in [0.25, 0.3) is 0 Å². The van der Waals surface area contributed by atoms with Crippen LogP contribution in [0.3, 0.4) is 0 Å². The number of nitrogens with two attached hydrogens (primary N) is 1. The van der Waals surface area contributed by atoms with Crippen molar-refractivity contribution in [3.8, 4) is 0 Å². The van der Waals surface area contributed by atoms with E-state index in [0.29, 0.717) is 12.5 Å². The second kappa shape index (κ2) is 6.86. The van der Waals surface area contributed by atoms with Crippen LogP contribution in [-0.2, 0) is 4.79 Å². The Morgan fingerprint density at radius 1 is 1.50 bits per heavy atom. The number of rotatable bonds is 6. The Kier molecular flexibility index (Phi) is 5.77. The molecule has 1 fully saturated rings. The predicted octanol–water partition coefficient (Wildman–Crippen LogP) is 1.41. The lowest BCUT2D eigenvalue weighted by atomic mass is 10.1. The molecule has 1 saturated carbocycles. The van der Waals surface area contributed by atoms with Crippen molar-refractivity contribution >= 4 is 5.91 Å². The third-order valence-electron chi connectivity index (χ3n) is 3.68. The molecule has 0 bridgehead atoms. The van der Waals surface area contributed by atoms with E-state index < -0.39 is 0 Å². The van der Waals surface area contributed by atoms with Gasteiger partial charge in [0, 0.05) is 18.5 Å². The molecule has 0 heterocycles. The van der Waals surface area contributed by atoms with E-state index in [4.69, 9.17) is 5.84 Å². The molecule has 3 N–H and O–H groups in total. The molecule has 4 heteroatoms. The van der Waals surface area contributed by atoms with Crippen LogP contribution in [0.15, 0.2) is 0 Å². The molecule has 0 spiro atoms. The average Bonchev–Trinajstić information content (AvgIpc) is 2.80. The van der Waals surface area contributed by atoms with Crippen molar-refractivity contribution in [2.45, 2.75) is 64.5 Å². The average molecular weight is 227 g/mol. The van der Waals surface area contributed by atoms with Gasteiger partial charge in [-0.1, -0.05) is 19.8 Å². The van der Waals surface area contributed by atoms with Gasteiger partial charge in [0.1, 0.15) is 0 Å². The fourth-order valence-corrected chi connectivity index (χ4v) is 2.74. The van der Waals surface area contributed by atoms with Crippen molar-refractivity contribution in [2.24, 2.45) is 5.84 Å². The minimum absolute atomic E-state index is 0.0608. The summed E-state index contributed by atoms with van der Waals surface area (Å²) in [7, 11) is 0. The van der Waals surface area contributed by atoms with Crippen molar-refractivity contribution in [3.05, 3.63) is 0 Å². The van der Waals surface area contributed by atoms with E-state index in [1.54, 1.807) is 0 Å². The summed E-state index contributed by atoms with van der Waals surface area (Å²) in [4.78, 5) is 13.6. The fourth-order valence-electron chi connectivity index (χ4n) is 2.74. The largest absolute Gasteiger partial charge is 0.298 e. The number of carbonyl (C=O) groups is 1. The van der Waals surface area contributed by atoms with Crippen LogP contribution in [0.4, 0.5) is 0 Å². The zero-order valence-electron chi connectivity index (χ0n) is 10.5. The number of hydrogen-bond acceptors (Lipinski definition) is 3. The molecule has 0 radical (unpaired) electrons. The molecular formula is C12H25N3O. The molecule has 1 aliphatic rings. The predicted molar refractivity (Wildman–Crippen MR) is 65.7 cm³/mol. The summed E-state index contributed by atoms with van der Waals surface area (Å²) in [5, 5.41) is 0. The van der Waals surface area contributed by atoms with Crippen LogP contribution in [0, 0.1) is 0 Å². The number of amides is 1. The smallest absolute Gasteiger partial charge is 0.233 e. The van der Waals surface area contributed by atoms with Crippen molar-refractivity contribution in [2.75, 3.05) is 6.54 Å². The van der Waals surface area contributed by atoms with Gasteiger partial charge in [-0.05, 0) is 32.7 Å². The van der Waals surface area contributed by atoms with E-state index >= 15 is 0 Å². The highest BCUT2D eigenvalue weighted by molar-refractivity contribution is 5.75. The molecule has 1 amide bonds. The van der Waals surface area contributed by atoms with Crippen molar-refractivity contribution in [1.82, 2.24) is 10.3 Å². The van der Waals surface area contributed by atoms with Gasteiger partial charge in [-0.15, -0.1) is 0 Å². The third kappa shape index (κ3) is 3.76. The summed E-state index contributed by atoms with van der Waals surface area (Å²) in [6.07, 6.45) is 6.78. The molecule has 16 heavy (non-hydrogen) atoms. The topological polar surface area (TPSA) is 58.4 Å². The van der Waals surface area contributed by atoms with E-state index in [1.165, 1.54) is 25.7 Å². The molecule has 1 aliphatic carbocycles. The van der Waals surface area contributed by atoms with Gasteiger partial charge in [0.15, 0.2) is 0 Å². The highest BCUT2D eigenvalue weighted by Gasteiger charge is 2.25. The molecule has 1 unspecified atom stereocenters. The van der Waals surface area contributed by atoms with Gasteiger partial charge < -0.3 is 0 Å². The van der Waals surface area contributed by atoms with E-state index in [9.17, 15) is 4.79 Å². The Hall–Kier alpha value is -0.610. The van der Waals surface area contributed by atoms with Gasteiger partial charge in [0.25, 0.3) is 0 Å². The van der Waals surface area contributed by atoms with E-state index in [2.05, 4.69) is 24.2 Å². The van der Waals surface area contributed by atoms with Crippen LogP contribution in [0.1, 0.15) is 52.4 Å². The number of carbonyl (C=O) groups excluding carboxylic acids is 1. The lowest BCUT2D eigenvalue weighted by molar-refractivity contribution is -0.121. The van der Waals surface area contributed by atoms with Gasteiger partial charge in [0.2, 0.25) is 5.91 Å². The van der Waals surface area contributed by atoms with Crippen LogP contribution in [0.5, 0.6) is 0 Å². The second-order valence-corrected chi connectivity index (χ2v) is 4.72. The number of nitrogens with zero attached hydrogens (tertiary/aromatic N) is 1. The molecule has 0 aliphatic heterocycles. The highest BCUT2D eigenvalue weighted by Crippen LogP contribution is 2.25. The maximum Gasteiger partial charge on any atom is 0.233 e. The lowest BCUT2D eigenvalue weighted by Gasteiger charge is -2.33. The standard InChI is InChI=1S/C12H25N3O/c1-3-15(11-6-4-5-7-11)10(2)8-9-12(16)14-13/h10-11H,3-9,13H2,1-2H3,(H,14,16). The van der Waals surface area contributed by atoms with Crippen molar-refractivity contribution in [1.29, 1.82) is 0 Å². The Morgan fingerprint density at radius 3 is 2.62 bits per heavy atom. The summed E-state index contributed by atoms with van der Waals surface area (Å²) >= 11 is 0. The normalized spacial score (nSPS) is 19.0. The summed E-state index contributed by atoms with van der Waals surface area (Å²) in [5.41, 5.74) is 2.19. The molecule has 0 aromatic rings. The highest BCUT2D eigenvalue weighted by atomic mass is 16.2. The number of nitrogens with one attached hydrogen (secondary N) is 1. The first-order valence-electron chi connectivity index (χ1n) is 6.44. The molecule has 0 aromatic heterocycles. The third-order valence-corrected chi connectivity index (χ3v) is 3.68. The monoisotopic (exact) mass is 227 g/mol. The van der Waals surface area contributed by atoms with E-state index in [0.717, 1.165) is 19.0 Å². The van der Waals surface area contributed by atoms with Gasteiger partial charge in [-0.2, -0.15) is 0 Å². The van der Waals surface area contributed by atoms with Crippen molar-refractivity contribution < 1.29 is 4.79 Å². The first-order chi connectivity index (χ1) is 7.69. The molecular weight excluding hydrogens is 202 g/mol. The van der Waals surface area contributed by atoms with E-state index in [-0.39, 0.29) is 5.91 Å². The summed E-state index contributed by atoms with van der Waals surface area (Å²) < 4.78 is 0. The first-order valence-corrected chi connectivity index (χ1v) is 6.44. The number of hydrazine groups is 1. The summed E-state index contributed by atoms with van der Waals surface area (Å²) in [6.45, 7) is 5.50. The first kappa shape index (κ1) is 13.5. The summed E-state index contributed by atoms with van der Waals surface area (Å²) in [6, 6.07) is 1.21. The molecule has 4 nitrogen and oxygen atoms in total. The maximum atomic E-state index is 11.1. The van der Waals surface area contributed by atoms with Crippen LogP contribution in [-0.4, -0.2) is 29.4 Å². The van der Waals surface area contributed by atoms with Crippen LogP contribution < -0.4 is 11.3 Å². The van der Waals surface area contributed by atoms with Gasteiger partial charge in [-0.25, -0.2) is 5.84 Å². The zero-order valence-corrected chi connectivity index (χ0v) is 10.5. The van der Waals surface area contributed by atoms with Gasteiger partial charge in [-0.3, -0.25) is 15.1 Å². The molecule has 0 aromatic carbocycles. The molecule has 1 rings (SSSR count).